The molecule has 2 aliphatic heterocycles. The van der Waals surface area contributed by atoms with E-state index >= 15 is 0 Å². The summed E-state index contributed by atoms with van der Waals surface area (Å²) in [6, 6.07) is 10.4. The van der Waals surface area contributed by atoms with Crippen LogP contribution in [-0.4, -0.2) is 51.3 Å². The van der Waals surface area contributed by atoms with E-state index in [0.29, 0.717) is 51.0 Å². The number of carbonyl (C=O) groups excluding carboxylic acids is 2. The van der Waals surface area contributed by atoms with E-state index in [9.17, 15) is 9.59 Å². The van der Waals surface area contributed by atoms with Gasteiger partial charge in [0.1, 0.15) is 11.1 Å². The van der Waals surface area contributed by atoms with Crippen molar-refractivity contribution < 1.29 is 9.59 Å². The second-order valence-electron chi connectivity index (χ2n) is 11.4. The molecule has 1 atom stereocenters. The van der Waals surface area contributed by atoms with Gasteiger partial charge < -0.3 is 10.6 Å². The highest BCUT2D eigenvalue weighted by Gasteiger charge is 2.35. The fourth-order valence-electron chi connectivity index (χ4n) is 5.62. The van der Waals surface area contributed by atoms with Gasteiger partial charge in [0.05, 0.1) is 36.0 Å². The molecule has 0 saturated heterocycles. The van der Waals surface area contributed by atoms with Crippen LogP contribution in [0.4, 0.5) is 22.7 Å². The molecule has 0 saturated carbocycles. The van der Waals surface area contributed by atoms with Crippen molar-refractivity contribution in [3.05, 3.63) is 104 Å². The maximum absolute atomic E-state index is 12.6. The average Bonchev–Trinajstić information content (AvgIpc) is 3.87. The molecule has 2 aromatic carbocycles. The molecule has 0 spiro atoms. The SMILES string of the molecule is CCCn1cc2c(Cl)nc(Cl)nc2n1.[C-]#[N+]c1ccc2c(c1)C(c1nc(Cl)nc3nn(CCC)cc13)C(=O)N2.[C-]#[N+]c1ccc2c(c1)CC(=O)N2. The number of nitrogens with zero attached hydrogens (tertiary/aromatic N) is 10. The van der Waals surface area contributed by atoms with Crippen LogP contribution < -0.4 is 10.6 Å². The minimum Gasteiger partial charge on any atom is -0.326 e. The van der Waals surface area contributed by atoms with Crippen molar-refractivity contribution >= 4 is 91.4 Å². The molecule has 6 aromatic rings. The van der Waals surface area contributed by atoms with Gasteiger partial charge in [0.15, 0.2) is 22.7 Å². The Hall–Kier alpha value is -5.67. The van der Waals surface area contributed by atoms with Crippen LogP contribution in [0.3, 0.4) is 0 Å². The summed E-state index contributed by atoms with van der Waals surface area (Å²) in [6.07, 6.45) is 6.00. The third kappa shape index (κ3) is 7.59. The second kappa shape index (κ2) is 15.1. The zero-order valence-corrected chi connectivity index (χ0v) is 29.4. The van der Waals surface area contributed by atoms with Crippen molar-refractivity contribution in [2.24, 2.45) is 0 Å². The zero-order chi connectivity index (χ0) is 36.2. The number of anilines is 2. The third-order valence-corrected chi connectivity index (χ3v) is 8.43. The van der Waals surface area contributed by atoms with Crippen molar-refractivity contribution in [2.45, 2.75) is 52.1 Å². The van der Waals surface area contributed by atoms with E-state index in [1.54, 1.807) is 45.8 Å². The van der Waals surface area contributed by atoms with Gasteiger partial charge in [-0.1, -0.05) is 49.7 Å². The quantitative estimate of drug-likeness (QED) is 0.103. The third-order valence-electron chi connectivity index (χ3n) is 7.80. The molecule has 0 radical (unpaired) electrons. The summed E-state index contributed by atoms with van der Waals surface area (Å²) in [6.45, 7) is 19.7. The van der Waals surface area contributed by atoms with E-state index in [4.69, 9.17) is 47.9 Å². The molecule has 6 heterocycles. The van der Waals surface area contributed by atoms with Gasteiger partial charge in [-0.25, -0.2) is 19.7 Å². The molecular formula is C34H27Cl3N12O2. The second-order valence-corrected chi connectivity index (χ2v) is 12.4. The predicted octanol–water partition coefficient (Wildman–Crippen LogP) is 7.80. The van der Waals surface area contributed by atoms with Gasteiger partial charge in [-0.2, -0.15) is 20.2 Å². The number of amides is 2. The number of nitrogens with one attached hydrogen (secondary N) is 2. The van der Waals surface area contributed by atoms with Gasteiger partial charge in [0, 0.05) is 36.9 Å². The number of aromatic nitrogens is 8. The number of carbonyl (C=O) groups is 2. The van der Waals surface area contributed by atoms with Gasteiger partial charge >= 0.3 is 0 Å². The van der Waals surface area contributed by atoms with Gasteiger partial charge in [0.2, 0.25) is 22.4 Å². The molecule has 1 unspecified atom stereocenters. The van der Waals surface area contributed by atoms with Crippen molar-refractivity contribution in [3.63, 3.8) is 0 Å². The number of benzene rings is 2. The number of halogens is 3. The summed E-state index contributed by atoms with van der Waals surface area (Å²) in [7, 11) is 0. The minimum absolute atomic E-state index is 0.00660. The standard InChI is InChI=1S/C17H13ClN6O.C9H6N2O.C8H8Cl2N4/c1-3-6-24-8-11-14(21-17(18)22-15(11)23-24)13-10-7-9(19-2)4-5-12(10)20-16(13)25;1-10-7-2-3-8-6(4-7)5-9(12)11-8;1-2-3-14-4-5-6(9)11-8(10)12-7(5)13-14/h4-5,7-8,13H,3,6H2,1H3,(H,20,25);2-4H,5H2,(H,11,12);4H,2-3H2,1H3. The smallest absolute Gasteiger partial charge is 0.238 e. The van der Waals surface area contributed by atoms with Crippen molar-refractivity contribution in [2.75, 3.05) is 10.6 Å². The Bertz CT molecular complexity index is 2410. The Kier molecular flexibility index (Phi) is 10.4. The summed E-state index contributed by atoms with van der Waals surface area (Å²) >= 11 is 17.6. The fraction of sp³-hybridized carbons (Fsp3) is 0.235. The van der Waals surface area contributed by atoms with Crippen LogP contribution in [0.1, 0.15) is 49.4 Å². The summed E-state index contributed by atoms with van der Waals surface area (Å²) in [5.41, 5.74) is 5.75. The highest BCUT2D eigenvalue weighted by Crippen LogP contribution is 2.40. The topological polar surface area (TPSA) is 154 Å². The fourth-order valence-corrected chi connectivity index (χ4v) is 6.21. The van der Waals surface area contributed by atoms with Crippen molar-refractivity contribution in [3.8, 4) is 0 Å². The average molecular weight is 742 g/mol. The van der Waals surface area contributed by atoms with Crippen LogP contribution in [0.5, 0.6) is 0 Å². The molecule has 0 bridgehead atoms. The largest absolute Gasteiger partial charge is 0.326 e. The number of fused-ring (bicyclic) bond motifs is 4. The molecule has 0 fully saturated rings. The Morgan fingerprint density at radius 2 is 1.37 bits per heavy atom. The number of hydrogen-bond donors (Lipinski definition) is 2. The Labute approximate surface area is 306 Å². The first-order valence-corrected chi connectivity index (χ1v) is 16.8. The molecule has 2 N–H and O–H groups in total. The maximum Gasteiger partial charge on any atom is 0.238 e. The monoisotopic (exact) mass is 740 g/mol. The Balaban J connectivity index is 0.000000145. The van der Waals surface area contributed by atoms with Crippen LogP contribution in [0.2, 0.25) is 15.7 Å². The van der Waals surface area contributed by atoms with Gasteiger partial charge in [-0.3, -0.25) is 19.0 Å². The lowest BCUT2D eigenvalue weighted by molar-refractivity contribution is -0.116. The first kappa shape index (κ1) is 35.2. The number of rotatable bonds is 5. The highest BCUT2D eigenvalue weighted by molar-refractivity contribution is 6.35. The van der Waals surface area contributed by atoms with Crippen molar-refractivity contribution in [1.29, 1.82) is 0 Å². The van der Waals surface area contributed by atoms with Crippen LogP contribution in [0.25, 0.3) is 31.8 Å². The molecule has 8 rings (SSSR count). The van der Waals surface area contributed by atoms with Gasteiger partial charge in [-0.05, 0) is 59.3 Å². The Morgan fingerprint density at radius 3 is 2.02 bits per heavy atom. The van der Waals surface area contributed by atoms with E-state index in [2.05, 4.69) is 64.3 Å². The lowest BCUT2D eigenvalue weighted by Crippen LogP contribution is -2.15. The molecule has 4 aromatic heterocycles. The zero-order valence-electron chi connectivity index (χ0n) is 27.2. The van der Waals surface area contributed by atoms with Crippen LogP contribution >= 0.6 is 34.8 Å². The van der Waals surface area contributed by atoms with Crippen molar-refractivity contribution in [1.82, 2.24) is 39.5 Å². The van der Waals surface area contributed by atoms with Gasteiger partial charge in [-0.15, -0.1) is 0 Å². The first-order chi connectivity index (χ1) is 24.6. The van der Waals surface area contributed by atoms with Crippen LogP contribution in [0, 0.1) is 13.1 Å². The van der Waals surface area contributed by atoms with E-state index < -0.39 is 5.92 Å². The molecule has 0 aliphatic carbocycles. The van der Waals surface area contributed by atoms with Crippen LogP contribution in [0.15, 0.2) is 48.8 Å². The Morgan fingerprint density at radius 1 is 0.784 bits per heavy atom. The van der Waals surface area contributed by atoms with E-state index in [-0.39, 0.29) is 22.4 Å². The minimum atomic E-state index is -0.640. The normalized spacial score (nSPS) is 14.0. The van der Waals surface area contributed by atoms with Gasteiger partial charge in [0.25, 0.3) is 0 Å². The molecular weight excluding hydrogens is 715 g/mol. The molecule has 2 amide bonds. The first-order valence-electron chi connectivity index (χ1n) is 15.7. The predicted molar refractivity (Wildman–Crippen MR) is 194 cm³/mol. The van der Waals surface area contributed by atoms with E-state index in [1.807, 2.05) is 12.4 Å². The molecule has 51 heavy (non-hydrogen) atoms. The van der Waals surface area contributed by atoms with E-state index in [0.717, 1.165) is 48.1 Å². The lowest BCUT2D eigenvalue weighted by atomic mass is 9.95. The number of hydrogen-bond acceptors (Lipinski definition) is 8. The molecule has 14 nitrogen and oxygen atoms in total. The van der Waals surface area contributed by atoms with Crippen LogP contribution in [-0.2, 0) is 29.1 Å². The summed E-state index contributed by atoms with van der Waals surface area (Å²) in [4.78, 5) is 46.6. The lowest BCUT2D eigenvalue weighted by Gasteiger charge is -2.09. The summed E-state index contributed by atoms with van der Waals surface area (Å²) in [5, 5.41) is 16.1. The van der Waals surface area contributed by atoms with E-state index in [1.165, 1.54) is 0 Å². The summed E-state index contributed by atoms with van der Waals surface area (Å²) < 4.78 is 3.57. The molecule has 17 heteroatoms. The highest BCUT2D eigenvalue weighted by atomic mass is 35.5. The molecule has 2 aliphatic rings. The summed E-state index contributed by atoms with van der Waals surface area (Å²) in [5.74, 6) is -0.831. The number of aryl methyl sites for hydroxylation is 2. The molecule has 256 valence electrons. The maximum atomic E-state index is 12.6.